The number of amides is 1. The van der Waals surface area contributed by atoms with Crippen LogP contribution in [0.5, 0.6) is 0 Å². The summed E-state index contributed by atoms with van der Waals surface area (Å²) in [5.74, 6) is -0.781. The monoisotopic (exact) mass is 296 g/mol. The Balaban J connectivity index is 2.29. The van der Waals surface area contributed by atoms with E-state index in [1.54, 1.807) is 6.92 Å². The summed E-state index contributed by atoms with van der Waals surface area (Å²) >= 11 is 1.37. The number of carbonyl (C=O) groups is 2. The van der Waals surface area contributed by atoms with Gasteiger partial charge in [-0.2, -0.15) is 0 Å². The third-order valence-electron chi connectivity index (χ3n) is 3.08. The van der Waals surface area contributed by atoms with Crippen molar-refractivity contribution in [2.75, 3.05) is 11.6 Å². The van der Waals surface area contributed by atoms with E-state index in [9.17, 15) is 19.7 Å². The van der Waals surface area contributed by atoms with Gasteiger partial charge in [0.2, 0.25) is 0 Å². The lowest BCUT2D eigenvalue weighted by molar-refractivity contribution is -0.384. The predicted octanol–water partition coefficient (Wildman–Crippen LogP) is 1.50. The highest BCUT2D eigenvalue weighted by atomic mass is 32.2. The Morgan fingerprint density at radius 2 is 2.20 bits per heavy atom. The van der Waals surface area contributed by atoms with Crippen LogP contribution in [-0.4, -0.2) is 44.5 Å². The van der Waals surface area contributed by atoms with Crippen LogP contribution in [0.4, 0.5) is 5.69 Å². The smallest absolute Gasteiger partial charge is 0.327 e. The fourth-order valence-corrected chi connectivity index (χ4v) is 3.15. The highest BCUT2D eigenvalue weighted by Crippen LogP contribution is 2.25. The molecule has 1 aromatic rings. The number of nitro benzene ring substituents is 1. The maximum Gasteiger partial charge on any atom is 0.327 e. The van der Waals surface area contributed by atoms with Crippen LogP contribution in [-0.2, 0) is 4.79 Å². The van der Waals surface area contributed by atoms with Gasteiger partial charge in [-0.1, -0.05) is 0 Å². The van der Waals surface area contributed by atoms with Gasteiger partial charge in [0.15, 0.2) is 0 Å². The molecule has 0 aliphatic carbocycles. The molecule has 20 heavy (non-hydrogen) atoms. The maximum atomic E-state index is 12.3. The second kappa shape index (κ2) is 5.49. The van der Waals surface area contributed by atoms with Gasteiger partial charge in [0.05, 0.1) is 10.8 Å². The molecule has 1 N–H and O–H groups in total. The summed E-state index contributed by atoms with van der Waals surface area (Å²) in [7, 11) is 0. The molecule has 0 radical (unpaired) electrons. The van der Waals surface area contributed by atoms with Crippen LogP contribution in [0.2, 0.25) is 0 Å². The molecule has 0 saturated carbocycles. The lowest BCUT2D eigenvalue weighted by atomic mass is 10.1. The molecular formula is C12H12N2O5S. The largest absolute Gasteiger partial charge is 0.480 e. The van der Waals surface area contributed by atoms with Crippen molar-refractivity contribution in [3.8, 4) is 0 Å². The molecule has 1 aliphatic heterocycles. The highest BCUT2D eigenvalue weighted by molar-refractivity contribution is 7.99. The fourth-order valence-electron chi connectivity index (χ4n) is 2.00. The molecule has 1 amide bonds. The summed E-state index contributed by atoms with van der Waals surface area (Å²) < 4.78 is 0. The first kappa shape index (κ1) is 14.3. The number of non-ortho nitro benzene ring substituents is 1. The van der Waals surface area contributed by atoms with E-state index in [4.69, 9.17) is 5.11 Å². The SMILES string of the molecule is Cc1cc([N+](=O)[O-])ccc1C(=O)N1CSCC1C(=O)O. The molecule has 0 aromatic heterocycles. The van der Waals surface area contributed by atoms with Crippen LogP contribution >= 0.6 is 11.8 Å². The molecule has 1 atom stereocenters. The molecule has 1 fully saturated rings. The summed E-state index contributed by atoms with van der Waals surface area (Å²) in [6, 6.07) is 3.09. The van der Waals surface area contributed by atoms with Gasteiger partial charge >= 0.3 is 5.97 Å². The van der Waals surface area contributed by atoms with E-state index in [1.807, 2.05) is 0 Å². The predicted molar refractivity (Wildman–Crippen MR) is 72.8 cm³/mol. The molecule has 7 nitrogen and oxygen atoms in total. The van der Waals surface area contributed by atoms with Gasteiger partial charge in [0.25, 0.3) is 11.6 Å². The lowest BCUT2D eigenvalue weighted by Gasteiger charge is -2.21. The molecule has 1 aromatic carbocycles. The topological polar surface area (TPSA) is 101 Å². The summed E-state index contributed by atoms with van der Waals surface area (Å²) in [4.78, 5) is 34.8. The van der Waals surface area contributed by atoms with Gasteiger partial charge in [-0.3, -0.25) is 14.9 Å². The van der Waals surface area contributed by atoms with Crippen molar-refractivity contribution in [2.24, 2.45) is 0 Å². The number of rotatable bonds is 3. The summed E-state index contributed by atoms with van der Waals surface area (Å²) in [6.45, 7) is 1.60. The second-order valence-electron chi connectivity index (χ2n) is 4.39. The minimum Gasteiger partial charge on any atom is -0.480 e. The first-order valence-corrected chi connectivity index (χ1v) is 6.94. The van der Waals surface area contributed by atoms with Gasteiger partial charge in [-0.15, -0.1) is 11.8 Å². The quantitative estimate of drug-likeness (QED) is 0.670. The Kier molecular flexibility index (Phi) is 3.93. The number of aryl methyl sites for hydroxylation is 1. The Morgan fingerprint density at radius 1 is 1.50 bits per heavy atom. The van der Waals surface area contributed by atoms with E-state index in [0.29, 0.717) is 22.8 Å². The number of thioether (sulfide) groups is 1. The van der Waals surface area contributed by atoms with Crippen LogP contribution in [0.1, 0.15) is 15.9 Å². The number of aliphatic carboxylic acids is 1. The van der Waals surface area contributed by atoms with Crippen LogP contribution in [0.15, 0.2) is 18.2 Å². The van der Waals surface area contributed by atoms with Crippen molar-refractivity contribution in [1.29, 1.82) is 0 Å². The zero-order valence-corrected chi connectivity index (χ0v) is 11.4. The van der Waals surface area contributed by atoms with Crippen molar-refractivity contribution >= 4 is 29.3 Å². The Bertz CT molecular complexity index is 589. The number of hydrogen-bond donors (Lipinski definition) is 1. The molecule has 2 rings (SSSR count). The van der Waals surface area contributed by atoms with E-state index in [1.165, 1.54) is 34.9 Å². The van der Waals surface area contributed by atoms with Crippen LogP contribution < -0.4 is 0 Å². The van der Waals surface area contributed by atoms with Crippen molar-refractivity contribution in [1.82, 2.24) is 4.90 Å². The number of nitro groups is 1. The van der Waals surface area contributed by atoms with E-state index in [2.05, 4.69) is 0 Å². The van der Waals surface area contributed by atoms with Crippen molar-refractivity contribution in [2.45, 2.75) is 13.0 Å². The van der Waals surface area contributed by atoms with Gasteiger partial charge < -0.3 is 10.0 Å². The van der Waals surface area contributed by atoms with Crippen LogP contribution in [0, 0.1) is 17.0 Å². The number of carbonyl (C=O) groups excluding carboxylic acids is 1. The summed E-state index contributed by atoms with van der Waals surface area (Å²) in [6.07, 6.45) is 0. The van der Waals surface area contributed by atoms with E-state index in [0.717, 1.165) is 0 Å². The average molecular weight is 296 g/mol. The van der Waals surface area contributed by atoms with Gasteiger partial charge in [0.1, 0.15) is 6.04 Å². The first-order valence-electron chi connectivity index (χ1n) is 5.78. The zero-order chi connectivity index (χ0) is 14.9. The third-order valence-corrected chi connectivity index (χ3v) is 4.09. The Labute approximate surface area is 118 Å². The molecule has 1 aliphatic rings. The number of benzene rings is 1. The minimum absolute atomic E-state index is 0.0929. The average Bonchev–Trinajstić information content (AvgIpc) is 2.87. The summed E-state index contributed by atoms with van der Waals surface area (Å²) in [5.41, 5.74) is 0.666. The van der Waals surface area contributed by atoms with E-state index < -0.39 is 22.8 Å². The van der Waals surface area contributed by atoms with Gasteiger partial charge in [-0.05, 0) is 18.6 Å². The second-order valence-corrected chi connectivity index (χ2v) is 5.38. The van der Waals surface area contributed by atoms with Crippen LogP contribution in [0.3, 0.4) is 0 Å². The number of carboxylic acids is 1. The minimum atomic E-state index is -1.04. The molecule has 0 bridgehead atoms. The van der Waals surface area contributed by atoms with Crippen molar-refractivity contribution in [3.63, 3.8) is 0 Å². The Morgan fingerprint density at radius 3 is 2.75 bits per heavy atom. The van der Waals surface area contributed by atoms with Gasteiger partial charge in [0, 0.05) is 23.4 Å². The van der Waals surface area contributed by atoms with E-state index >= 15 is 0 Å². The standard InChI is InChI=1S/C12H12N2O5S/c1-7-4-8(14(18)19)2-3-9(7)11(15)13-6-20-5-10(13)12(16)17/h2-4,10H,5-6H2,1H3,(H,16,17). The maximum absolute atomic E-state index is 12.3. The fraction of sp³-hybridized carbons (Fsp3) is 0.333. The normalized spacial score (nSPS) is 18.1. The third kappa shape index (κ3) is 2.60. The van der Waals surface area contributed by atoms with Crippen molar-refractivity contribution < 1.29 is 19.6 Å². The number of nitrogens with zero attached hydrogens (tertiary/aromatic N) is 2. The highest BCUT2D eigenvalue weighted by Gasteiger charge is 2.35. The van der Waals surface area contributed by atoms with Crippen LogP contribution in [0.25, 0.3) is 0 Å². The first-order chi connectivity index (χ1) is 9.41. The van der Waals surface area contributed by atoms with E-state index in [-0.39, 0.29) is 5.69 Å². The molecule has 1 heterocycles. The van der Waals surface area contributed by atoms with Gasteiger partial charge in [-0.25, -0.2) is 4.79 Å². The molecule has 8 heteroatoms. The summed E-state index contributed by atoms with van der Waals surface area (Å²) in [5, 5.41) is 19.7. The zero-order valence-electron chi connectivity index (χ0n) is 10.6. The lowest BCUT2D eigenvalue weighted by Crippen LogP contribution is -2.42. The van der Waals surface area contributed by atoms with Crippen molar-refractivity contribution in [3.05, 3.63) is 39.4 Å². The molecule has 1 saturated heterocycles. The molecule has 106 valence electrons. The molecule has 0 spiro atoms. The Hall–Kier alpha value is -2.09. The molecule has 1 unspecified atom stereocenters. The number of hydrogen-bond acceptors (Lipinski definition) is 5. The molecular weight excluding hydrogens is 284 g/mol. The number of carboxylic acid groups (broad SMARTS) is 1.